The van der Waals surface area contributed by atoms with Crippen molar-refractivity contribution in [3.8, 4) is 5.88 Å². The number of aromatic amines is 1. The Labute approximate surface area is 117 Å². The number of aromatic carboxylic acids is 1. The number of hydrogen-bond donors (Lipinski definition) is 3. The molecule has 1 heterocycles. The maximum Gasteiger partial charge on any atom is 0.335 e. The number of carboxylic acid groups (broad SMARTS) is 1. The SMILES string of the molecule is Cn1c(O)c(C=Nc2ccc(C(=O)O)cc2)c(=O)[nH]c1=O. The van der Waals surface area contributed by atoms with E-state index in [0.29, 0.717) is 5.69 Å². The molecule has 0 saturated carbocycles. The Bertz CT molecular complexity index is 830. The minimum absolute atomic E-state index is 0.108. The van der Waals surface area contributed by atoms with E-state index in [2.05, 4.69) is 4.99 Å². The molecule has 0 atom stereocenters. The zero-order valence-corrected chi connectivity index (χ0v) is 10.9. The molecule has 0 radical (unpaired) electrons. The molecule has 21 heavy (non-hydrogen) atoms. The normalized spacial score (nSPS) is 10.9. The summed E-state index contributed by atoms with van der Waals surface area (Å²) in [6.45, 7) is 0. The number of benzene rings is 1. The molecule has 0 aliphatic carbocycles. The van der Waals surface area contributed by atoms with Gasteiger partial charge >= 0.3 is 11.7 Å². The molecule has 8 nitrogen and oxygen atoms in total. The fourth-order valence-electron chi connectivity index (χ4n) is 1.57. The van der Waals surface area contributed by atoms with Crippen LogP contribution in [0.3, 0.4) is 0 Å². The van der Waals surface area contributed by atoms with Crippen LogP contribution in [0.1, 0.15) is 15.9 Å². The maximum absolute atomic E-state index is 11.6. The number of rotatable bonds is 3. The van der Waals surface area contributed by atoms with Gasteiger partial charge in [-0.2, -0.15) is 0 Å². The van der Waals surface area contributed by atoms with Crippen molar-refractivity contribution in [2.75, 3.05) is 0 Å². The smallest absolute Gasteiger partial charge is 0.335 e. The Hall–Kier alpha value is -3.16. The lowest BCUT2D eigenvalue weighted by molar-refractivity contribution is 0.0697. The number of nitrogens with one attached hydrogen (secondary N) is 1. The number of aliphatic imine (C=N–C) groups is 1. The highest BCUT2D eigenvalue weighted by molar-refractivity contribution is 5.88. The quantitative estimate of drug-likeness (QED) is 0.697. The molecule has 2 aromatic rings. The number of aromatic nitrogens is 2. The molecule has 0 aliphatic heterocycles. The molecule has 1 aromatic heterocycles. The fourth-order valence-corrected chi connectivity index (χ4v) is 1.57. The average Bonchev–Trinajstić information content (AvgIpc) is 2.45. The van der Waals surface area contributed by atoms with Crippen LogP contribution in [0.5, 0.6) is 5.88 Å². The highest BCUT2D eigenvalue weighted by atomic mass is 16.4. The van der Waals surface area contributed by atoms with Gasteiger partial charge in [0.25, 0.3) is 5.56 Å². The van der Waals surface area contributed by atoms with Crippen LogP contribution >= 0.6 is 0 Å². The molecule has 2 rings (SSSR count). The van der Waals surface area contributed by atoms with Gasteiger partial charge in [-0.3, -0.25) is 19.3 Å². The number of carboxylic acids is 1. The monoisotopic (exact) mass is 289 g/mol. The van der Waals surface area contributed by atoms with E-state index < -0.39 is 23.1 Å². The van der Waals surface area contributed by atoms with Gasteiger partial charge in [0.1, 0.15) is 5.56 Å². The molecule has 0 fully saturated rings. The summed E-state index contributed by atoms with van der Waals surface area (Å²) < 4.78 is 0.871. The van der Waals surface area contributed by atoms with Crippen molar-refractivity contribution in [2.24, 2.45) is 12.0 Å². The van der Waals surface area contributed by atoms with E-state index in [9.17, 15) is 19.5 Å². The first-order valence-electron chi connectivity index (χ1n) is 5.80. The van der Waals surface area contributed by atoms with Crippen LogP contribution in [0.4, 0.5) is 5.69 Å². The minimum Gasteiger partial charge on any atom is -0.494 e. The van der Waals surface area contributed by atoms with E-state index in [1.165, 1.54) is 31.3 Å². The third kappa shape index (κ3) is 2.89. The van der Waals surface area contributed by atoms with Gasteiger partial charge in [-0.05, 0) is 24.3 Å². The van der Waals surface area contributed by atoms with Gasteiger partial charge < -0.3 is 10.2 Å². The molecule has 0 bridgehead atoms. The van der Waals surface area contributed by atoms with Crippen LogP contribution in [0.2, 0.25) is 0 Å². The number of hydrogen-bond acceptors (Lipinski definition) is 5. The van der Waals surface area contributed by atoms with E-state index in [1.807, 2.05) is 4.98 Å². The van der Waals surface area contributed by atoms with Gasteiger partial charge in [0, 0.05) is 13.3 Å². The second-order valence-corrected chi connectivity index (χ2v) is 4.17. The zero-order chi connectivity index (χ0) is 15.6. The van der Waals surface area contributed by atoms with Gasteiger partial charge in [0.15, 0.2) is 0 Å². The lowest BCUT2D eigenvalue weighted by Gasteiger charge is -2.02. The minimum atomic E-state index is -1.06. The molecule has 0 amide bonds. The van der Waals surface area contributed by atoms with E-state index in [1.54, 1.807) is 0 Å². The summed E-state index contributed by atoms with van der Waals surface area (Å²) in [6.07, 6.45) is 1.10. The van der Waals surface area contributed by atoms with Gasteiger partial charge in [0.05, 0.1) is 11.3 Å². The predicted octanol–water partition coefficient (Wildman–Crippen LogP) is 0.228. The zero-order valence-electron chi connectivity index (χ0n) is 10.9. The fraction of sp³-hybridized carbons (Fsp3) is 0.0769. The standard InChI is InChI=1S/C13H11N3O5/c1-16-11(18)9(10(17)15-13(16)21)6-14-8-4-2-7(3-5-8)12(19)20/h2-6,18H,1H3,(H,19,20)(H,15,17,21). The number of H-pyrrole nitrogens is 1. The number of nitrogens with zero attached hydrogens (tertiary/aromatic N) is 2. The molecular formula is C13H11N3O5. The Balaban J connectivity index is 2.38. The number of aromatic hydroxyl groups is 1. The van der Waals surface area contributed by atoms with E-state index in [0.717, 1.165) is 10.8 Å². The van der Waals surface area contributed by atoms with Crippen LogP contribution in [-0.4, -0.2) is 31.9 Å². The van der Waals surface area contributed by atoms with Crippen molar-refractivity contribution >= 4 is 17.9 Å². The maximum atomic E-state index is 11.6. The first-order valence-corrected chi connectivity index (χ1v) is 5.80. The van der Waals surface area contributed by atoms with Crippen LogP contribution in [0.25, 0.3) is 0 Å². The summed E-state index contributed by atoms with van der Waals surface area (Å²) in [7, 11) is 1.30. The summed E-state index contributed by atoms with van der Waals surface area (Å²) in [5.41, 5.74) is -1.16. The molecular weight excluding hydrogens is 278 g/mol. The Morgan fingerprint density at radius 3 is 2.48 bits per heavy atom. The van der Waals surface area contributed by atoms with Crippen LogP contribution < -0.4 is 11.2 Å². The third-order valence-corrected chi connectivity index (χ3v) is 2.79. The Kier molecular flexibility index (Phi) is 3.70. The molecule has 1 aromatic carbocycles. The topological polar surface area (TPSA) is 125 Å². The van der Waals surface area contributed by atoms with E-state index in [-0.39, 0.29) is 11.1 Å². The predicted molar refractivity (Wildman–Crippen MR) is 74.6 cm³/mol. The molecule has 0 saturated heterocycles. The summed E-state index contributed by atoms with van der Waals surface area (Å²) >= 11 is 0. The lowest BCUT2D eigenvalue weighted by atomic mass is 10.2. The van der Waals surface area contributed by atoms with Gasteiger partial charge in [-0.15, -0.1) is 0 Å². The lowest BCUT2D eigenvalue weighted by Crippen LogP contribution is -2.30. The van der Waals surface area contributed by atoms with E-state index in [4.69, 9.17) is 5.11 Å². The Morgan fingerprint density at radius 2 is 1.90 bits per heavy atom. The van der Waals surface area contributed by atoms with Crippen molar-refractivity contribution in [2.45, 2.75) is 0 Å². The van der Waals surface area contributed by atoms with Crippen molar-refractivity contribution in [3.63, 3.8) is 0 Å². The second kappa shape index (κ2) is 5.45. The summed E-state index contributed by atoms with van der Waals surface area (Å²) in [6, 6.07) is 5.62. The van der Waals surface area contributed by atoms with Crippen molar-refractivity contribution in [3.05, 3.63) is 56.2 Å². The molecule has 0 spiro atoms. The van der Waals surface area contributed by atoms with Gasteiger partial charge in [-0.25, -0.2) is 9.59 Å². The van der Waals surface area contributed by atoms with Crippen molar-refractivity contribution < 1.29 is 15.0 Å². The van der Waals surface area contributed by atoms with Crippen molar-refractivity contribution in [1.82, 2.24) is 9.55 Å². The summed E-state index contributed by atoms with van der Waals surface area (Å²) in [5.74, 6) is -1.56. The second-order valence-electron chi connectivity index (χ2n) is 4.17. The first kappa shape index (κ1) is 14.3. The highest BCUT2D eigenvalue weighted by Crippen LogP contribution is 2.14. The summed E-state index contributed by atoms with van der Waals surface area (Å²) in [5, 5.41) is 18.5. The third-order valence-electron chi connectivity index (χ3n) is 2.79. The van der Waals surface area contributed by atoms with Crippen LogP contribution in [0.15, 0.2) is 38.8 Å². The molecule has 0 unspecified atom stereocenters. The van der Waals surface area contributed by atoms with Crippen LogP contribution in [0, 0.1) is 0 Å². The van der Waals surface area contributed by atoms with Crippen molar-refractivity contribution in [1.29, 1.82) is 0 Å². The molecule has 0 aliphatic rings. The number of carbonyl (C=O) groups is 1. The average molecular weight is 289 g/mol. The van der Waals surface area contributed by atoms with Crippen LogP contribution in [-0.2, 0) is 7.05 Å². The Morgan fingerprint density at radius 1 is 1.29 bits per heavy atom. The molecule has 8 heteroatoms. The molecule has 108 valence electrons. The largest absolute Gasteiger partial charge is 0.494 e. The first-order chi connectivity index (χ1) is 9.90. The van der Waals surface area contributed by atoms with Gasteiger partial charge in [0.2, 0.25) is 5.88 Å². The molecule has 3 N–H and O–H groups in total. The highest BCUT2D eigenvalue weighted by Gasteiger charge is 2.09. The summed E-state index contributed by atoms with van der Waals surface area (Å²) in [4.78, 5) is 39.5. The van der Waals surface area contributed by atoms with Gasteiger partial charge in [-0.1, -0.05) is 0 Å². The van der Waals surface area contributed by atoms with E-state index >= 15 is 0 Å².